The Labute approximate surface area is 107 Å². The Kier molecular flexibility index (Phi) is 3.85. The van der Waals surface area contributed by atoms with Crippen LogP contribution in [0.2, 0.25) is 5.02 Å². The van der Waals surface area contributed by atoms with E-state index in [2.05, 4.69) is 6.92 Å². The van der Waals surface area contributed by atoms with Crippen molar-refractivity contribution in [2.45, 2.75) is 32.8 Å². The van der Waals surface area contributed by atoms with E-state index in [-0.39, 0.29) is 17.8 Å². The summed E-state index contributed by atoms with van der Waals surface area (Å²) in [5, 5.41) is 0.655. The Morgan fingerprint density at radius 2 is 2.29 bits per heavy atom. The molecule has 1 aliphatic rings. The number of ether oxygens (including phenoxy) is 1. The molecule has 1 aromatic carbocycles. The molecule has 3 heteroatoms. The van der Waals surface area contributed by atoms with Gasteiger partial charge in [-0.2, -0.15) is 0 Å². The molecular formula is C14H17ClO2. The van der Waals surface area contributed by atoms with Gasteiger partial charge in [-0.25, -0.2) is 0 Å². The lowest BCUT2D eigenvalue weighted by atomic mass is 9.90. The fourth-order valence-corrected chi connectivity index (χ4v) is 2.49. The number of hydrogen-bond acceptors (Lipinski definition) is 2. The summed E-state index contributed by atoms with van der Waals surface area (Å²) in [4.78, 5) is 12.3. The molecule has 2 atom stereocenters. The zero-order chi connectivity index (χ0) is 12.4. The molecule has 0 radical (unpaired) electrons. The van der Waals surface area contributed by atoms with Gasteiger partial charge in [0, 0.05) is 17.2 Å². The number of aryl methyl sites for hydroxylation is 1. The normalized spacial score (nSPS) is 23.9. The second kappa shape index (κ2) is 5.19. The summed E-state index contributed by atoms with van der Waals surface area (Å²) in [5.74, 6) is 0.162. The van der Waals surface area contributed by atoms with E-state index in [0.29, 0.717) is 17.2 Å². The average Bonchev–Trinajstić information content (AvgIpc) is 2.80. The Morgan fingerprint density at radius 1 is 1.53 bits per heavy atom. The lowest BCUT2D eigenvalue weighted by Crippen LogP contribution is -2.23. The van der Waals surface area contributed by atoms with Crippen LogP contribution in [-0.2, 0) is 4.74 Å². The minimum atomic E-state index is -0.00114. The van der Waals surface area contributed by atoms with Crippen LogP contribution >= 0.6 is 11.6 Å². The largest absolute Gasteiger partial charge is 0.377 e. The third-order valence-electron chi connectivity index (χ3n) is 3.41. The van der Waals surface area contributed by atoms with Crippen LogP contribution in [0.25, 0.3) is 0 Å². The van der Waals surface area contributed by atoms with Crippen molar-refractivity contribution >= 4 is 17.4 Å². The van der Waals surface area contributed by atoms with Crippen LogP contribution in [-0.4, -0.2) is 18.5 Å². The lowest BCUT2D eigenvalue weighted by molar-refractivity contribution is 0.0689. The van der Waals surface area contributed by atoms with Crippen molar-refractivity contribution in [2.24, 2.45) is 5.92 Å². The third-order valence-corrected chi connectivity index (χ3v) is 3.81. The van der Waals surface area contributed by atoms with Gasteiger partial charge in [-0.05, 0) is 31.4 Å². The number of Topliss-reactive ketones (excluding diaryl/α,β-unsaturated/α-hetero) is 1. The second-order valence-corrected chi connectivity index (χ2v) is 4.95. The first-order chi connectivity index (χ1) is 8.13. The predicted molar refractivity (Wildman–Crippen MR) is 68.7 cm³/mol. The minimum Gasteiger partial charge on any atom is -0.377 e. The molecule has 0 saturated carbocycles. The number of carbonyl (C=O) groups is 1. The third kappa shape index (κ3) is 2.53. The van der Waals surface area contributed by atoms with Crippen molar-refractivity contribution in [3.8, 4) is 0 Å². The molecule has 2 unspecified atom stereocenters. The van der Waals surface area contributed by atoms with Crippen LogP contribution < -0.4 is 0 Å². The van der Waals surface area contributed by atoms with E-state index in [1.165, 1.54) is 0 Å². The van der Waals surface area contributed by atoms with E-state index < -0.39 is 0 Å². The molecule has 2 nitrogen and oxygen atoms in total. The van der Waals surface area contributed by atoms with Crippen LogP contribution in [0, 0.1) is 12.8 Å². The number of rotatable bonds is 3. The summed E-state index contributed by atoms with van der Waals surface area (Å²) in [6.07, 6.45) is 1.78. The van der Waals surface area contributed by atoms with Crippen LogP contribution in [0.5, 0.6) is 0 Å². The maximum atomic E-state index is 12.3. The molecule has 17 heavy (non-hydrogen) atoms. The standard InChI is InChI=1S/C14H17ClO2/c1-3-13-11(6-7-17-13)14(16)10-5-4-9(2)12(15)8-10/h4-5,8,11,13H,3,6-7H2,1-2H3. The number of ketones is 1. The van der Waals surface area contributed by atoms with Gasteiger partial charge in [-0.3, -0.25) is 4.79 Å². The zero-order valence-corrected chi connectivity index (χ0v) is 11.0. The van der Waals surface area contributed by atoms with Gasteiger partial charge in [-0.15, -0.1) is 0 Å². The fourth-order valence-electron chi connectivity index (χ4n) is 2.31. The molecule has 1 saturated heterocycles. The van der Waals surface area contributed by atoms with Crippen molar-refractivity contribution in [3.63, 3.8) is 0 Å². The van der Waals surface area contributed by atoms with Gasteiger partial charge < -0.3 is 4.74 Å². The van der Waals surface area contributed by atoms with Gasteiger partial charge in [0.25, 0.3) is 0 Å². The highest BCUT2D eigenvalue weighted by Crippen LogP contribution is 2.28. The number of benzene rings is 1. The molecule has 0 amide bonds. The fraction of sp³-hybridized carbons (Fsp3) is 0.500. The van der Waals surface area contributed by atoms with Gasteiger partial charge in [0.15, 0.2) is 5.78 Å². The van der Waals surface area contributed by atoms with Gasteiger partial charge in [-0.1, -0.05) is 30.7 Å². The molecule has 2 rings (SSSR count). The van der Waals surface area contributed by atoms with E-state index in [0.717, 1.165) is 18.4 Å². The molecule has 0 spiro atoms. The van der Waals surface area contributed by atoms with Crippen LogP contribution in [0.3, 0.4) is 0 Å². The summed E-state index contributed by atoms with van der Waals surface area (Å²) in [7, 11) is 0. The molecule has 0 aliphatic carbocycles. The highest BCUT2D eigenvalue weighted by molar-refractivity contribution is 6.31. The Hall–Kier alpha value is -0.860. The first-order valence-corrected chi connectivity index (χ1v) is 6.43. The quantitative estimate of drug-likeness (QED) is 0.768. The molecule has 0 aromatic heterocycles. The smallest absolute Gasteiger partial charge is 0.168 e. The first-order valence-electron chi connectivity index (χ1n) is 6.05. The number of carbonyl (C=O) groups excluding carboxylic acids is 1. The maximum absolute atomic E-state index is 12.3. The highest BCUT2D eigenvalue weighted by Gasteiger charge is 2.33. The lowest BCUT2D eigenvalue weighted by Gasteiger charge is -2.15. The summed E-state index contributed by atoms with van der Waals surface area (Å²) < 4.78 is 5.56. The SMILES string of the molecule is CCC1OCCC1C(=O)c1ccc(C)c(Cl)c1. The summed E-state index contributed by atoms with van der Waals surface area (Å²) in [5.41, 5.74) is 1.70. The molecule has 1 aliphatic heterocycles. The highest BCUT2D eigenvalue weighted by atomic mass is 35.5. The van der Waals surface area contributed by atoms with E-state index in [1.54, 1.807) is 6.07 Å². The molecule has 1 fully saturated rings. The molecule has 92 valence electrons. The van der Waals surface area contributed by atoms with E-state index >= 15 is 0 Å². The van der Waals surface area contributed by atoms with Crippen molar-refractivity contribution in [1.29, 1.82) is 0 Å². The van der Waals surface area contributed by atoms with E-state index in [9.17, 15) is 4.79 Å². The van der Waals surface area contributed by atoms with Crippen LogP contribution in [0.4, 0.5) is 0 Å². The van der Waals surface area contributed by atoms with E-state index in [4.69, 9.17) is 16.3 Å². The molecule has 0 bridgehead atoms. The predicted octanol–water partition coefficient (Wildman–Crippen LogP) is 3.65. The topological polar surface area (TPSA) is 26.3 Å². The molecule has 0 N–H and O–H groups in total. The van der Waals surface area contributed by atoms with Gasteiger partial charge in [0.2, 0.25) is 0 Å². The van der Waals surface area contributed by atoms with Crippen LogP contribution in [0.1, 0.15) is 35.7 Å². The molecular weight excluding hydrogens is 236 g/mol. The van der Waals surface area contributed by atoms with E-state index in [1.807, 2.05) is 19.1 Å². The minimum absolute atomic E-state index is 0.00114. The summed E-state index contributed by atoms with van der Waals surface area (Å²) in [6, 6.07) is 5.52. The van der Waals surface area contributed by atoms with Crippen molar-refractivity contribution in [3.05, 3.63) is 34.3 Å². The molecule has 1 heterocycles. The van der Waals surface area contributed by atoms with Gasteiger partial charge >= 0.3 is 0 Å². The van der Waals surface area contributed by atoms with Crippen LogP contribution in [0.15, 0.2) is 18.2 Å². The Morgan fingerprint density at radius 3 is 2.94 bits per heavy atom. The van der Waals surface area contributed by atoms with Gasteiger partial charge in [0.1, 0.15) is 0 Å². The Balaban J connectivity index is 2.21. The maximum Gasteiger partial charge on any atom is 0.168 e. The van der Waals surface area contributed by atoms with Crippen molar-refractivity contribution in [1.82, 2.24) is 0 Å². The Bertz CT molecular complexity index is 428. The van der Waals surface area contributed by atoms with Crippen molar-refractivity contribution in [2.75, 3.05) is 6.61 Å². The molecule has 1 aromatic rings. The number of halogens is 1. The summed E-state index contributed by atoms with van der Waals surface area (Å²) in [6.45, 7) is 4.68. The van der Waals surface area contributed by atoms with Gasteiger partial charge in [0.05, 0.1) is 12.0 Å². The summed E-state index contributed by atoms with van der Waals surface area (Å²) >= 11 is 6.05. The monoisotopic (exact) mass is 252 g/mol. The first kappa shape index (κ1) is 12.6. The zero-order valence-electron chi connectivity index (χ0n) is 10.2. The average molecular weight is 253 g/mol. The second-order valence-electron chi connectivity index (χ2n) is 4.54. The number of hydrogen-bond donors (Lipinski definition) is 0. The van der Waals surface area contributed by atoms with Crippen molar-refractivity contribution < 1.29 is 9.53 Å².